The molecule has 0 aliphatic rings. The molecule has 2 aromatic heterocycles. The first-order valence-electron chi connectivity index (χ1n) is 5.87. The van der Waals surface area contributed by atoms with E-state index < -0.39 is 0 Å². The van der Waals surface area contributed by atoms with E-state index in [0.717, 1.165) is 17.1 Å². The third-order valence-electron chi connectivity index (χ3n) is 3.00. The van der Waals surface area contributed by atoms with Gasteiger partial charge in [0.25, 0.3) is 0 Å². The highest BCUT2D eigenvalue weighted by Gasteiger charge is 2.12. The second kappa shape index (κ2) is 4.80. The van der Waals surface area contributed by atoms with Crippen LogP contribution in [0.3, 0.4) is 0 Å². The molecule has 0 aliphatic carbocycles. The summed E-state index contributed by atoms with van der Waals surface area (Å²) in [5.41, 5.74) is 8.66. The highest BCUT2D eigenvalue weighted by molar-refractivity contribution is 7.17. The molecule has 0 saturated heterocycles. The Hall–Kier alpha value is -1.23. The zero-order valence-electron chi connectivity index (χ0n) is 10.1. The van der Waals surface area contributed by atoms with Crippen molar-refractivity contribution in [2.24, 2.45) is 5.73 Å². The molecular weight excluding hydrogens is 260 g/mol. The molecule has 0 spiro atoms. The smallest absolute Gasteiger partial charge is 0.0897 e. The Balaban J connectivity index is 1.92. The minimum absolute atomic E-state index is 0.0221. The van der Waals surface area contributed by atoms with Crippen LogP contribution in [0.15, 0.2) is 35.0 Å². The Labute approximate surface area is 114 Å². The van der Waals surface area contributed by atoms with E-state index in [-0.39, 0.29) is 6.04 Å². The predicted molar refractivity (Wildman–Crippen MR) is 79.3 cm³/mol. The van der Waals surface area contributed by atoms with Gasteiger partial charge in [-0.05, 0) is 29.3 Å². The third kappa shape index (κ3) is 2.19. The molecular formula is C14H14N2S2. The fourth-order valence-electron chi connectivity index (χ4n) is 2.15. The van der Waals surface area contributed by atoms with Crippen LogP contribution in [0.2, 0.25) is 0 Å². The maximum atomic E-state index is 6.33. The Morgan fingerprint density at radius 3 is 2.94 bits per heavy atom. The molecule has 1 unspecified atom stereocenters. The lowest BCUT2D eigenvalue weighted by atomic mass is 10.0. The highest BCUT2D eigenvalue weighted by atomic mass is 32.1. The van der Waals surface area contributed by atoms with Gasteiger partial charge in [-0.3, -0.25) is 0 Å². The quantitative estimate of drug-likeness (QED) is 0.786. The van der Waals surface area contributed by atoms with Gasteiger partial charge in [0.1, 0.15) is 0 Å². The number of thiazole rings is 1. The lowest BCUT2D eigenvalue weighted by Crippen LogP contribution is -2.13. The number of nitrogens with zero attached hydrogens (tertiary/aromatic N) is 1. The van der Waals surface area contributed by atoms with Crippen molar-refractivity contribution in [2.75, 3.05) is 0 Å². The summed E-state index contributed by atoms with van der Waals surface area (Å²) in [5.74, 6) is 0. The van der Waals surface area contributed by atoms with E-state index in [4.69, 9.17) is 5.73 Å². The summed E-state index contributed by atoms with van der Waals surface area (Å²) in [5, 5.41) is 6.60. The summed E-state index contributed by atoms with van der Waals surface area (Å²) < 4.78 is 1.30. The number of nitrogens with two attached hydrogens (primary N) is 1. The van der Waals surface area contributed by atoms with Crippen LogP contribution in [0.25, 0.3) is 10.1 Å². The average Bonchev–Trinajstić information content (AvgIpc) is 2.97. The van der Waals surface area contributed by atoms with Crippen molar-refractivity contribution in [3.05, 3.63) is 51.3 Å². The molecule has 0 amide bonds. The van der Waals surface area contributed by atoms with Crippen molar-refractivity contribution >= 4 is 32.8 Å². The Kier molecular flexibility index (Phi) is 3.16. The van der Waals surface area contributed by atoms with Gasteiger partial charge in [-0.1, -0.05) is 18.2 Å². The summed E-state index contributed by atoms with van der Waals surface area (Å²) in [4.78, 5) is 4.49. The van der Waals surface area contributed by atoms with Crippen LogP contribution in [0, 0.1) is 6.92 Å². The van der Waals surface area contributed by atoms with Gasteiger partial charge in [0.15, 0.2) is 0 Å². The van der Waals surface area contributed by atoms with E-state index in [2.05, 4.69) is 40.0 Å². The number of aromatic nitrogens is 1. The number of fused-ring (bicyclic) bond motifs is 1. The van der Waals surface area contributed by atoms with Gasteiger partial charge >= 0.3 is 0 Å². The fraction of sp³-hybridized carbons (Fsp3) is 0.214. The van der Waals surface area contributed by atoms with Gasteiger partial charge < -0.3 is 5.73 Å². The Morgan fingerprint density at radius 1 is 1.28 bits per heavy atom. The van der Waals surface area contributed by atoms with Crippen LogP contribution in [0.5, 0.6) is 0 Å². The molecule has 1 atom stereocenters. The van der Waals surface area contributed by atoms with Crippen molar-refractivity contribution in [3.63, 3.8) is 0 Å². The SMILES string of the molecule is Cc1nc(CC(N)c2cccc3ccsc23)cs1. The van der Waals surface area contributed by atoms with Gasteiger partial charge in [-0.2, -0.15) is 0 Å². The number of hydrogen-bond acceptors (Lipinski definition) is 4. The Morgan fingerprint density at radius 2 is 2.17 bits per heavy atom. The minimum Gasteiger partial charge on any atom is -0.324 e. The molecule has 2 N–H and O–H groups in total. The van der Waals surface area contributed by atoms with Gasteiger partial charge in [0.05, 0.1) is 10.7 Å². The second-order valence-corrected chi connectivity index (χ2v) is 6.33. The first-order valence-corrected chi connectivity index (χ1v) is 7.62. The normalized spacial score (nSPS) is 13.0. The molecule has 18 heavy (non-hydrogen) atoms. The van der Waals surface area contributed by atoms with Crippen LogP contribution >= 0.6 is 22.7 Å². The molecule has 0 saturated carbocycles. The molecule has 2 heterocycles. The number of rotatable bonds is 3. The molecule has 0 radical (unpaired) electrons. The summed E-state index contributed by atoms with van der Waals surface area (Å²) in [6, 6.07) is 8.51. The molecule has 3 aromatic rings. The van der Waals surface area contributed by atoms with Crippen LogP contribution in [0.1, 0.15) is 22.3 Å². The van der Waals surface area contributed by atoms with E-state index >= 15 is 0 Å². The van der Waals surface area contributed by atoms with Gasteiger partial charge in [-0.25, -0.2) is 4.98 Å². The number of aryl methyl sites for hydroxylation is 1. The molecule has 0 fully saturated rings. The van der Waals surface area contributed by atoms with Gasteiger partial charge in [0, 0.05) is 22.5 Å². The van der Waals surface area contributed by atoms with Crippen molar-refractivity contribution in [2.45, 2.75) is 19.4 Å². The van der Waals surface area contributed by atoms with Crippen molar-refractivity contribution < 1.29 is 0 Å². The van der Waals surface area contributed by atoms with E-state index in [1.54, 1.807) is 22.7 Å². The monoisotopic (exact) mass is 274 g/mol. The highest BCUT2D eigenvalue weighted by Crippen LogP contribution is 2.29. The summed E-state index contributed by atoms with van der Waals surface area (Å²) in [7, 11) is 0. The molecule has 4 heteroatoms. The third-order valence-corrected chi connectivity index (χ3v) is 4.81. The predicted octanol–water partition coefficient (Wildman–Crippen LogP) is 3.91. The zero-order chi connectivity index (χ0) is 12.5. The number of benzene rings is 1. The van der Waals surface area contributed by atoms with Crippen molar-refractivity contribution in [1.82, 2.24) is 4.98 Å². The zero-order valence-corrected chi connectivity index (χ0v) is 11.7. The van der Waals surface area contributed by atoms with Crippen LogP contribution in [0.4, 0.5) is 0 Å². The molecule has 2 nitrogen and oxygen atoms in total. The average molecular weight is 274 g/mol. The Bertz CT molecular complexity index is 669. The van der Waals surface area contributed by atoms with Crippen molar-refractivity contribution in [3.8, 4) is 0 Å². The van der Waals surface area contributed by atoms with Gasteiger partial charge in [0.2, 0.25) is 0 Å². The maximum absolute atomic E-state index is 6.33. The molecule has 1 aromatic carbocycles. The molecule has 92 valence electrons. The number of thiophene rings is 1. The van der Waals surface area contributed by atoms with E-state index in [1.807, 2.05) is 6.92 Å². The van der Waals surface area contributed by atoms with E-state index in [9.17, 15) is 0 Å². The maximum Gasteiger partial charge on any atom is 0.0897 e. The number of hydrogen-bond donors (Lipinski definition) is 1. The second-order valence-electron chi connectivity index (χ2n) is 4.35. The van der Waals surface area contributed by atoms with Crippen LogP contribution < -0.4 is 5.73 Å². The molecule has 3 rings (SSSR count). The standard InChI is InChI=1S/C14H14N2S2/c1-9-16-11(8-18-9)7-13(15)12-4-2-3-10-5-6-17-14(10)12/h2-6,8,13H,7,15H2,1H3. The van der Waals surface area contributed by atoms with Gasteiger partial charge in [-0.15, -0.1) is 22.7 Å². The summed E-state index contributed by atoms with van der Waals surface area (Å²) >= 11 is 3.44. The molecule has 0 aliphatic heterocycles. The first-order chi connectivity index (χ1) is 8.74. The lowest BCUT2D eigenvalue weighted by Gasteiger charge is -2.11. The van der Waals surface area contributed by atoms with E-state index in [0.29, 0.717) is 0 Å². The first kappa shape index (κ1) is 11.8. The minimum atomic E-state index is 0.0221. The van der Waals surface area contributed by atoms with Crippen LogP contribution in [-0.2, 0) is 6.42 Å². The van der Waals surface area contributed by atoms with Crippen molar-refractivity contribution in [1.29, 1.82) is 0 Å². The molecule has 0 bridgehead atoms. The summed E-state index contributed by atoms with van der Waals surface area (Å²) in [6.45, 7) is 2.03. The van der Waals surface area contributed by atoms with E-state index in [1.165, 1.54) is 15.6 Å². The topological polar surface area (TPSA) is 38.9 Å². The largest absolute Gasteiger partial charge is 0.324 e. The summed E-state index contributed by atoms with van der Waals surface area (Å²) in [6.07, 6.45) is 0.807. The van der Waals surface area contributed by atoms with Crippen LogP contribution in [-0.4, -0.2) is 4.98 Å². The fourth-order valence-corrected chi connectivity index (χ4v) is 3.75. The lowest BCUT2D eigenvalue weighted by molar-refractivity contribution is 0.715.